The van der Waals surface area contributed by atoms with Gasteiger partial charge in [-0.1, -0.05) is 0 Å². The molecule has 0 amide bonds. The van der Waals surface area contributed by atoms with Crippen molar-refractivity contribution in [1.82, 2.24) is 5.32 Å². The normalized spacial score (nSPS) is 27.4. The van der Waals surface area contributed by atoms with E-state index in [0.29, 0.717) is 17.6 Å². The molecule has 0 radical (unpaired) electrons. The van der Waals surface area contributed by atoms with Gasteiger partial charge in [0, 0.05) is 30.9 Å². The number of benzene rings is 1. The highest BCUT2D eigenvalue weighted by molar-refractivity contribution is 5.88. The third-order valence-corrected chi connectivity index (χ3v) is 3.50. The number of carboxylic acids is 1. The molecule has 2 heterocycles. The van der Waals surface area contributed by atoms with Crippen molar-refractivity contribution in [2.24, 2.45) is 0 Å². The molecule has 0 aliphatic carbocycles. The minimum atomic E-state index is -0.865. The molecule has 2 saturated heterocycles. The van der Waals surface area contributed by atoms with Crippen LogP contribution in [0.2, 0.25) is 0 Å². The van der Waals surface area contributed by atoms with E-state index in [4.69, 9.17) is 5.11 Å². The van der Waals surface area contributed by atoms with Gasteiger partial charge < -0.3 is 15.3 Å². The quantitative estimate of drug-likeness (QED) is 0.775. The second-order valence-electron chi connectivity index (χ2n) is 4.50. The summed E-state index contributed by atoms with van der Waals surface area (Å²) >= 11 is 0. The zero-order chi connectivity index (χ0) is 11.1. The van der Waals surface area contributed by atoms with E-state index in [2.05, 4.69) is 10.2 Å². The zero-order valence-electron chi connectivity index (χ0n) is 8.89. The van der Waals surface area contributed by atoms with Gasteiger partial charge in [-0.15, -0.1) is 0 Å². The molecule has 3 rings (SSSR count). The summed E-state index contributed by atoms with van der Waals surface area (Å²) < 4.78 is 0. The number of nitrogens with zero attached hydrogens (tertiary/aromatic N) is 1. The van der Waals surface area contributed by atoms with Gasteiger partial charge >= 0.3 is 5.97 Å². The van der Waals surface area contributed by atoms with E-state index in [1.807, 2.05) is 12.1 Å². The highest BCUT2D eigenvalue weighted by Crippen LogP contribution is 2.29. The van der Waals surface area contributed by atoms with E-state index in [1.165, 1.54) is 6.42 Å². The van der Waals surface area contributed by atoms with Gasteiger partial charge in [-0.25, -0.2) is 4.79 Å². The van der Waals surface area contributed by atoms with Crippen LogP contribution < -0.4 is 10.2 Å². The minimum absolute atomic E-state index is 0.353. The largest absolute Gasteiger partial charge is 0.478 e. The molecule has 2 bridgehead atoms. The van der Waals surface area contributed by atoms with Crippen LogP contribution in [-0.2, 0) is 0 Å². The van der Waals surface area contributed by atoms with Gasteiger partial charge in [-0.2, -0.15) is 0 Å². The zero-order valence-corrected chi connectivity index (χ0v) is 8.89. The number of rotatable bonds is 2. The van der Waals surface area contributed by atoms with Gasteiger partial charge in [-0.3, -0.25) is 0 Å². The first-order valence-electron chi connectivity index (χ1n) is 5.57. The summed E-state index contributed by atoms with van der Waals surface area (Å²) in [6.07, 6.45) is 1.21. The number of fused-ring (bicyclic) bond motifs is 2. The van der Waals surface area contributed by atoms with Gasteiger partial charge in [-0.05, 0) is 30.7 Å². The van der Waals surface area contributed by atoms with E-state index in [9.17, 15) is 4.79 Å². The lowest BCUT2D eigenvalue weighted by Gasteiger charge is -2.29. The molecule has 2 unspecified atom stereocenters. The molecule has 4 heteroatoms. The summed E-state index contributed by atoms with van der Waals surface area (Å²) in [5.41, 5.74) is 1.49. The van der Waals surface area contributed by atoms with E-state index in [1.54, 1.807) is 12.1 Å². The maximum atomic E-state index is 10.7. The Morgan fingerprint density at radius 3 is 2.62 bits per heavy atom. The number of aromatic carboxylic acids is 1. The van der Waals surface area contributed by atoms with Crippen LogP contribution in [0.25, 0.3) is 0 Å². The van der Waals surface area contributed by atoms with E-state index in [-0.39, 0.29) is 0 Å². The van der Waals surface area contributed by atoms with Crippen molar-refractivity contribution in [2.75, 3.05) is 18.0 Å². The minimum Gasteiger partial charge on any atom is -0.478 e. The van der Waals surface area contributed by atoms with Crippen LogP contribution in [0.1, 0.15) is 16.8 Å². The number of hydrogen-bond acceptors (Lipinski definition) is 3. The Labute approximate surface area is 93.9 Å². The van der Waals surface area contributed by atoms with E-state index >= 15 is 0 Å². The molecule has 2 aliphatic rings. The van der Waals surface area contributed by atoms with Crippen molar-refractivity contribution >= 4 is 11.7 Å². The summed E-state index contributed by atoms with van der Waals surface area (Å²) in [6, 6.07) is 8.37. The third kappa shape index (κ3) is 1.46. The molecule has 2 fully saturated rings. The Morgan fingerprint density at radius 2 is 2.12 bits per heavy atom. The van der Waals surface area contributed by atoms with Gasteiger partial charge in [0.2, 0.25) is 0 Å². The molecule has 2 N–H and O–H groups in total. The molecule has 0 aromatic heterocycles. The Hall–Kier alpha value is -1.55. The van der Waals surface area contributed by atoms with Crippen LogP contribution in [0, 0.1) is 0 Å². The second kappa shape index (κ2) is 3.49. The average molecular weight is 218 g/mol. The first kappa shape index (κ1) is 9.66. The topological polar surface area (TPSA) is 52.6 Å². The highest BCUT2D eigenvalue weighted by Gasteiger charge is 2.37. The van der Waals surface area contributed by atoms with Gasteiger partial charge in [0.25, 0.3) is 0 Å². The van der Waals surface area contributed by atoms with Crippen LogP contribution in [0.4, 0.5) is 5.69 Å². The maximum absolute atomic E-state index is 10.7. The van der Waals surface area contributed by atoms with Crippen LogP contribution in [-0.4, -0.2) is 36.2 Å². The van der Waals surface area contributed by atoms with Crippen LogP contribution in [0.3, 0.4) is 0 Å². The van der Waals surface area contributed by atoms with Gasteiger partial charge in [0.05, 0.1) is 5.56 Å². The molecular formula is C12H14N2O2. The van der Waals surface area contributed by atoms with Gasteiger partial charge in [0.1, 0.15) is 0 Å². The molecule has 2 atom stereocenters. The predicted molar refractivity (Wildman–Crippen MR) is 60.9 cm³/mol. The third-order valence-electron chi connectivity index (χ3n) is 3.50. The molecule has 2 aliphatic heterocycles. The Morgan fingerprint density at radius 1 is 1.38 bits per heavy atom. The van der Waals surface area contributed by atoms with Gasteiger partial charge in [0.15, 0.2) is 0 Å². The lowest BCUT2D eigenvalue weighted by Crippen LogP contribution is -2.43. The Bertz CT molecular complexity index is 416. The molecule has 0 spiro atoms. The maximum Gasteiger partial charge on any atom is 0.335 e. The first-order chi connectivity index (χ1) is 7.74. The lowest BCUT2D eigenvalue weighted by atomic mass is 10.2. The standard InChI is InChI=1S/C12H14N2O2/c15-12(16)8-1-3-10(4-2-8)14-7-9-5-11(14)6-13-9/h1-4,9,11,13H,5-7H2,(H,15,16). The summed E-state index contributed by atoms with van der Waals surface area (Å²) in [5.74, 6) is -0.865. The number of hydrogen-bond donors (Lipinski definition) is 2. The second-order valence-corrected chi connectivity index (χ2v) is 4.50. The molecular weight excluding hydrogens is 204 g/mol. The van der Waals surface area contributed by atoms with Crippen molar-refractivity contribution in [3.05, 3.63) is 29.8 Å². The Kier molecular flexibility index (Phi) is 2.11. The molecule has 1 aromatic rings. The summed E-state index contributed by atoms with van der Waals surface area (Å²) in [7, 11) is 0. The molecule has 16 heavy (non-hydrogen) atoms. The van der Waals surface area contributed by atoms with E-state index < -0.39 is 5.97 Å². The van der Waals surface area contributed by atoms with Crippen LogP contribution in [0.5, 0.6) is 0 Å². The molecule has 84 valence electrons. The number of anilines is 1. The van der Waals surface area contributed by atoms with Crippen molar-refractivity contribution in [3.8, 4) is 0 Å². The fourth-order valence-electron chi connectivity index (χ4n) is 2.67. The number of nitrogens with one attached hydrogen (secondary N) is 1. The van der Waals surface area contributed by atoms with Crippen molar-refractivity contribution in [2.45, 2.75) is 18.5 Å². The Balaban J connectivity index is 1.82. The van der Waals surface area contributed by atoms with Crippen molar-refractivity contribution < 1.29 is 9.90 Å². The summed E-state index contributed by atoms with van der Waals surface area (Å²) in [5, 5.41) is 12.3. The monoisotopic (exact) mass is 218 g/mol. The van der Waals surface area contributed by atoms with Crippen LogP contribution in [0.15, 0.2) is 24.3 Å². The smallest absolute Gasteiger partial charge is 0.335 e. The number of carboxylic acid groups (broad SMARTS) is 1. The van der Waals surface area contributed by atoms with E-state index in [0.717, 1.165) is 18.8 Å². The fourth-order valence-corrected chi connectivity index (χ4v) is 2.67. The predicted octanol–water partition coefficient (Wildman–Crippen LogP) is 0.935. The molecule has 1 aromatic carbocycles. The number of piperazine rings is 1. The summed E-state index contributed by atoms with van der Waals surface area (Å²) in [6.45, 7) is 2.09. The molecule has 0 saturated carbocycles. The van der Waals surface area contributed by atoms with Crippen molar-refractivity contribution in [1.29, 1.82) is 0 Å². The SMILES string of the molecule is O=C(O)c1ccc(N2CC3CC2CN3)cc1. The fraction of sp³-hybridized carbons (Fsp3) is 0.417. The summed E-state index contributed by atoms with van der Waals surface area (Å²) in [4.78, 5) is 13.1. The lowest BCUT2D eigenvalue weighted by molar-refractivity contribution is 0.0697. The van der Waals surface area contributed by atoms with Crippen LogP contribution >= 0.6 is 0 Å². The first-order valence-corrected chi connectivity index (χ1v) is 5.57. The average Bonchev–Trinajstić information content (AvgIpc) is 2.91. The molecule has 4 nitrogen and oxygen atoms in total. The van der Waals surface area contributed by atoms with Crippen molar-refractivity contribution in [3.63, 3.8) is 0 Å². The highest BCUT2D eigenvalue weighted by atomic mass is 16.4. The number of carbonyl (C=O) groups is 1.